The molecule has 3 nitrogen and oxygen atoms in total. The van der Waals surface area contributed by atoms with Crippen molar-refractivity contribution in [1.82, 2.24) is 9.97 Å². The second-order valence-corrected chi connectivity index (χ2v) is 4.82. The predicted molar refractivity (Wildman–Crippen MR) is 68.5 cm³/mol. The minimum atomic E-state index is 0.676. The Bertz CT molecular complexity index is 512. The first kappa shape index (κ1) is 10.6. The summed E-state index contributed by atoms with van der Waals surface area (Å²) in [6.07, 6.45) is 10.6. The molecule has 2 heterocycles. The average Bonchev–Trinajstić information content (AvgIpc) is 2.83. The number of hydrogen-bond donors (Lipinski definition) is 1. The van der Waals surface area contributed by atoms with E-state index in [0.29, 0.717) is 5.92 Å². The number of rotatable bonds is 2. The van der Waals surface area contributed by atoms with Gasteiger partial charge < -0.3 is 9.72 Å². The third-order valence-electron chi connectivity index (χ3n) is 3.83. The molecule has 0 unspecified atom stereocenters. The molecule has 1 aliphatic carbocycles. The van der Waals surface area contributed by atoms with Gasteiger partial charge in [-0.25, -0.2) is 4.98 Å². The second-order valence-electron chi connectivity index (χ2n) is 4.82. The number of H-pyrrole nitrogens is 1. The molecule has 1 aliphatic rings. The molecule has 90 valence electrons. The van der Waals surface area contributed by atoms with Crippen molar-refractivity contribution in [2.24, 2.45) is 0 Å². The quantitative estimate of drug-likeness (QED) is 0.855. The summed E-state index contributed by atoms with van der Waals surface area (Å²) in [4.78, 5) is 7.64. The molecule has 17 heavy (non-hydrogen) atoms. The first-order valence-corrected chi connectivity index (χ1v) is 6.40. The summed E-state index contributed by atoms with van der Waals surface area (Å²) >= 11 is 0. The summed E-state index contributed by atoms with van der Waals surface area (Å²) in [7, 11) is 1.73. The maximum Gasteiger partial charge on any atom is 0.141 e. The van der Waals surface area contributed by atoms with Gasteiger partial charge in [0.25, 0.3) is 0 Å². The standard InChI is InChI=1S/C14H18N2O/c1-17-12-7-8-15-14-13(12)11(9-16-14)10-5-3-2-4-6-10/h7-10H,2-6H2,1H3,(H,15,16). The highest BCUT2D eigenvalue weighted by Crippen LogP contribution is 2.38. The number of aromatic nitrogens is 2. The first-order chi connectivity index (χ1) is 8.40. The summed E-state index contributed by atoms with van der Waals surface area (Å²) in [6.45, 7) is 0. The Morgan fingerprint density at radius 1 is 1.29 bits per heavy atom. The van der Waals surface area contributed by atoms with Crippen LogP contribution in [-0.4, -0.2) is 17.1 Å². The van der Waals surface area contributed by atoms with Crippen molar-refractivity contribution >= 4 is 11.0 Å². The Morgan fingerprint density at radius 3 is 2.88 bits per heavy atom. The van der Waals surface area contributed by atoms with E-state index in [1.807, 2.05) is 6.07 Å². The normalized spacial score (nSPS) is 17.5. The van der Waals surface area contributed by atoms with Crippen LogP contribution in [0.15, 0.2) is 18.5 Å². The SMILES string of the molecule is COc1ccnc2[nH]cc(C3CCCCC3)c12. The lowest BCUT2D eigenvalue weighted by atomic mass is 9.84. The highest BCUT2D eigenvalue weighted by Gasteiger charge is 2.20. The van der Waals surface area contributed by atoms with Crippen LogP contribution < -0.4 is 4.74 Å². The molecule has 0 atom stereocenters. The molecule has 0 radical (unpaired) electrons. The number of pyridine rings is 1. The lowest BCUT2D eigenvalue weighted by molar-refractivity contribution is 0.416. The Labute approximate surface area is 101 Å². The van der Waals surface area contributed by atoms with Crippen LogP contribution in [0, 0.1) is 0 Å². The zero-order valence-electron chi connectivity index (χ0n) is 10.2. The van der Waals surface area contributed by atoms with Gasteiger partial charge in [0.2, 0.25) is 0 Å². The molecule has 0 bridgehead atoms. The summed E-state index contributed by atoms with van der Waals surface area (Å²) < 4.78 is 5.46. The van der Waals surface area contributed by atoms with E-state index in [9.17, 15) is 0 Å². The summed E-state index contributed by atoms with van der Waals surface area (Å²) in [6, 6.07) is 1.95. The van der Waals surface area contributed by atoms with E-state index >= 15 is 0 Å². The van der Waals surface area contributed by atoms with Crippen molar-refractivity contribution in [2.45, 2.75) is 38.0 Å². The van der Waals surface area contributed by atoms with Crippen molar-refractivity contribution in [1.29, 1.82) is 0 Å². The van der Waals surface area contributed by atoms with Gasteiger partial charge in [0, 0.05) is 12.4 Å². The Balaban J connectivity index is 2.09. The average molecular weight is 230 g/mol. The van der Waals surface area contributed by atoms with Gasteiger partial charge >= 0.3 is 0 Å². The van der Waals surface area contributed by atoms with Crippen molar-refractivity contribution in [3.8, 4) is 5.75 Å². The fraction of sp³-hybridized carbons (Fsp3) is 0.500. The van der Waals surface area contributed by atoms with Crippen molar-refractivity contribution in [2.75, 3.05) is 7.11 Å². The van der Waals surface area contributed by atoms with E-state index < -0.39 is 0 Å². The third-order valence-corrected chi connectivity index (χ3v) is 3.83. The number of fused-ring (bicyclic) bond motifs is 1. The smallest absolute Gasteiger partial charge is 0.141 e. The lowest BCUT2D eigenvalue weighted by Crippen LogP contribution is -2.04. The summed E-state index contributed by atoms with van der Waals surface area (Å²) in [5.41, 5.74) is 2.34. The molecule has 0 saturated heterocycles. The van der Waals surface area contributed by atoms with Crippen LogP contribution in [0.2, 0.25) is 0 Å². The Morgan fingerprint density at radius 2 is 2.12 bits per heavy atom. The molecule has 0 amide bonds. The zero-order valence-corrected chi connectivity index (χ0v) is 10.2. The largest absolute Gasteiger partial charge is 0.496 e. The molecule has 0 aromatic carbocycles. The molecule has 2 aromatic rings. The predicted octanol–water partition coefficient (Wildman–Crippen LogP) is 3.62. The van der Waals surface area contributed by atoms with Crippen molar-refractivity contribution in [3.63, 3.8) is 0 Å². The minimum Gasteiger partial charge on any atom is -0.496 e. The highest BCUT2D eigenvalue weighted by atomic mass is 16.5. The van der Waals surface area contributed by atoms with Gasteiger partial charge in [0.15, 0.2) is 0 Å². The lowest BCUT2D eigenvalue weighted by Gasteiger charge is -2.21. The van der Waals surface area contributed by atoms with Gasteiger partial charge in [-0.15, -0.1) is 0 Å². The maximum absolute atomic E-state index is 5.46. The fourth-order valence-electron chi connectivity index (χ4n) is 2.96. The van der Waals surface area contributed by atoms with E-state index in [1.54, 1.807) is 13.3 Å². The van der Waals surface area contributed by atoms with Gasteiger partial charge in [-0.3, -0.25) is 0 Å². The topological polar surface area (TPSA) is 37.9 Å². The molecule has 0 aliphatic heterocycles. The van der Waals surface area contributed by atoms with Crippen LogP contribution in [0.1, 0.15) is 43.6 Å². The van der Waals surface area contributed by atoms with Crippen LogP contribution in [0.3, 0.4) is 0 Å². The van der Waals surface area contributed by atoms with Gasteiger partial charge in [-0.1, -0.05) is 19.3 Å². The molecule has 3 heteroatoms. The van der Waals surface area contributed by atoms with Gasteiger partial charge in [-0.2, -0.15) is 0 Å². The van der Waals surface area contributed by atoms with E-state index in [0.717, 1.165) is 11.4 Å². The zero-order chi connectivity index (χ0) is 11.7. The Kier molecular flexibility index (Phi) is 2.75. The number of ether oxygens (including phenoxy) is 1. The van der Waals surface area contributed by atoms with Crippen LogP contribution in [0.4, 0.5) is 0 Å². The monoisotopic (exact) mass is 230 g/mol. The summed E-state index contributed by atoms with van der Waals surface area (Å²) in [5.74, 6) is 1.62. The van der Waals surface area contributed by atoms with Crippen LogP contribution >= 0.6 is 0 Å². The van der Waals surface area contributed by atoms with Crippen molar-refractivity contribution in [3.05, 3.63) is 24.0 Å². The highest BCUT2D eigenvalue weighted by molar-refractivity contribution is 5.86. The molecular weight excluding hydrogens is 212 g/mol. The number of aromatic amines is 1. The van der Waals surface area contributed by atoms with Gasteiger partial charge in [-0.05, 0) is 30.4 Å². The number of nitrogens with one attached hydrogen (secondary N) is 1. The third kappa shape index (κ3) is 1.79. The number of hydrogen-bond acceptors (Lipinski definition) is 2. The molecule has 0 spiro atoms. The molecule has 3 rings (SSSR count). The maximum atomic E-state index is 5.46. The molecule has 1 N–H and O–H groups in total. The van der Waals surface area contributed by atoms with Crippen LogP contribution in [0.5, 0.6) is 5.75 Å². The van der Waals surface area contributed by atoms with E-state index in [4.69, 9.17) is 4.74 Å². The van der Waals surface area contributed by atoms with Gasteiger partial charge in [0.1, 0.15) is 11.4 Å². The van der Waals surface area contributed by atoms with Crippen LogP contribution in [0.25, 0.3) is 11.0 Å². The second kappa shape index (κ2) is 4.40. The van der Waals surface area contributed by atoms with E-state index in [-0.39, 0.29) is 0 Å². The number of methoxy groups -OCH3 is 1. The van der Waals surface area contributed by atoms with Crippen LogP contribution in [-0.2, 0) is 0 Å². The molecular formula is C14H18N2O. The molecule has 2 aromatic heterocycles. The summed E-state index contributed by atoms with van der Waals surface area (Å²) in [5, 5.41) is 1.18. The van der Waals surface area contributed by atoms with E-state index in [2.05, 4.69) is 16.2 Å². The van der Waals surface area contributed by atoms with Gasteiger partial charge in [0.05, 0.1) is 12.5 Å². The van der Waals surface area contributed by atoms with E-state index in [1.165, 1.54) is 43.1 Å². The first-order valence-electron chi connectivity index (χ1n) is 6.40. The number of nitrogens with zero attached hydrogens (tertiary/aromatic N) is 1. The fourth-order valence-corrected chi connectivity index (χ4v) is 2.96. The molecule has 1 saturated carbocycles. The Hall–Kier alpha value is -1.51. The van der Waals surface area contributed by atoms with Crippen molar-refractivity contribution < 1.29 is 4.74 Å². The minimum absolute atomic E-state index is 0.676. The molecule has 1 fully saturated rings.